The average molecular weight is 469 g/mol. The smallest absolute Gasteiger partial charge is 0.275 e. The summed E-state index contributed by atoms with van der Waals surface area (Å²) in [5, 5.41) is 2.83. The van der Waals surface area contributed by atoms with Crippen molar-refractivity contribution in [3.63, 3.8) is 0 Å². The summed E-state index contributed by atoms with van der Waals surface area (Å²) in [6.45, 7) is 2.23. The molecule has 4 rings (SSSR count). The predicted molar refractivity (Wildman–Crippen MR) is 132 cm³/mol. The van der Waals surface area contributed by atoms with Crippen LogP contribution in [0.4, 0.5) is 10.1 Å². The number of amides is 2. The molecule has 1 N–H and O–H groups in total. The van der Waals surface area contributed by atoms with Crippen LogP contribution in [0, 0.1) is 12.7 Å². The van der Waals surface area contributed by atoms with Crippen molar-refractivity contribution in [3.05, 3.63) is 126 Å². The summed E-state index contributed by atoms with van der Waals surface area (Å²) in [4.78, 5) is 37.0. The van der Waals surface area contributed by atoms with Crippen LogP contribution in [0.2, 0.25) is 0 Å². The van der Waals surface area contributed by atoms with Gasteiger partial charge in [0.15, 0.2) is 0 Å². The normalized spacial score (nSPS) is 11.5. The molecule has 0 fully saturated rings. The van der Waals surface area contributed by atoms with Crippen LogP contribution < -0.4 is 5.32 Å². The topological polar surface area (TPSA) is 75.2 Å². The predicted octanol–water partition coefficient (Wildman–Crippen LogP) is 4.99. The molecule has 0 aliphatic carbocycles. The number of aryl methyl sites for hydroxylation is 1. The number of carbonyl (C=O) groups excluding carboxylic acids is 2. The Morgan fingerprint density at radius 2 is 1.66 bits per heavy atom. The van der Waals surface area contributed by atoms with Crippen LogP contribution in [-0.2, 0) is 11.2 Å². The van der Waals surface area contributed by atoms with Crippen LogP contribution in [0.15, 0.2) is 97.5 Å². The summed E-state index contributed by atoms with van der Waals surface area (Å²) in [6, 6.07) is 21.8. The van der Waals surface area contributed by atoms with Crippen molar-refractivity contribution in [2.75, 3.05) is 11.9 Å². The van der Waals surface area contributed by atoms with Gasteiger partial charge in [-0.05, 0) is 48.7 Å². The van der Waals surface area contributed by atoms with E-state index in [2.05, 4.69) is 15.3 Å². The van der Waals surface area contributed by atoms with E-state index < -0.39 is 23.7 Å². The molecule has 0 radical (unpaired) electrons. The Balaban J connectivity index is 1.72. The van der Waals surface area contributed by atoms with E-state index in [1.54, 1.807) is 0 Å². The molecule has 2 amide bonds. The van der Waals surface area contributed by atoms with Crippen LogP contribution in [0.5, 0.6) is 0 Å². The second kappa shape index (κ2) is 11.2. The van der Waals surface area contributed by atoms with Gasteiger partial charge in [-0.1, -0.05) is 60.2 Å². The van der Waals surface area contributed by atoms with Crippen molar-refractivity contribution in [2.24, 2.45) is 0 Å². The quantitative estimate of drug-likeness (QED) is 0.395. The van der Waals surface area contributed by atoms with Gasteiger partial charge in [-0.25, -0.2) is 9.37 Å². The standard InChI is InChI=1S/C28H25FN4O2/c1-20-7-9-22(10-8-20)26(27(34)32-24-13-11-23(29)12-14-24)33(18-15-21-5-3-2-4-6-21)28(35)25-19-30-16-17-31-25/h2-14,16-17,19,26H,15,18H2,1H3,(H,32,34)/t26-/m0/s1. The summed E-state index contributed by atoms with van der Waals surface area (Å²) in [5.74, 6) is -1.22. The van der Waals surface area contributed by atoms with E-state index in [1.165, 1.54) is 47.8 Å². The minimum Gasteiger partial charge on any atom is -0.324 e. The fraction of sp³-hybridized carbons (Fsp3) is 0.143. The number of nitrogens with zero attached hydrogens (tertiary/aromatic N) is 3. The molecule has 6 nitrogen and oxygen atoms in total. The number of rotatable bonds is 8. The van der Waals surface area contributed by atoms with E-state index in [9.17, 15) is 14.0 Å². The molecule has 0 spiro atoms. The summed E-state index contributed by atoms with van der Waals surface area (Å²) in [6.07, 6.45) is 4.87. The van der Waals surface area contributed by atoms with Gasteiger partial charge in [-0.2, -0.15) is 0 Å². The molecule has 3 aromatic carbocycles. The Morgan fingerprint density at radius 3 is 2.31 bits per heavy atom. The largest absolute Gasteiger partial charge is 0.324 e. The van der Waals surface area contributed by atoms with E-state index in [0.717, 1.165) is 11.1 Å². The second-order valence-corrected chi connectivity index (χ2v) is 8.13. The van der Waals surface area contributed by atoms with Crippen LogP contribution in [-0.4, -0.2) is 33.2 Å². The molecule has 7 heteroatoms. The third-order valence-corrected chi connectivity index (χ3v) is 5.59. The maximum Gasteiger partial charge on any atom is 0.275 e. The summed E-state index contributed by atoms with van der Waals surface area (Å²) < 4.78 is 13.4. The number of hydrogen-bond donors (Lipinski definition) is 1. The van der Waals surface area contributed by atoms with E-state index in [-0.39, 0.29) is 12.2 Å². The van der Waals surface area contributed by atoms with Crippen molar-refractivity contribution < 1.29 is 14.0 Å². The van der Waals surface area contributed by atoms with E-state index in [1.807, 2.05) is 61.5 Å². The molecular weight excluding hydrogens is 443 g/mol. The molecule has 1 atom stereocenters. The number of benzene rings is 3. The average Bonchev–Trinajstić information content (AvgIpc) is 2.89. The molecule has 0 aliphatic rings. The molecule has 0 aliphatic heterocycles. The van der Waals surface area contributed by atoms with Gasteiger partial charge in [-0.3, -0.25) is 14.6 Å². The number of hydrogen-bond acceptors (Lipinski definition) is 4. The Hall–Kier alpha value is -4.39. The molecule has 0 saturated heterocycles. The molecule has 35 heavy (non-hydrogen) atoms. The number of nitrogens with one attached hydrogen (secondary N) is 1. The van der Waals surface area contributed by atoms with Gasteiger partial charge in [0.1, 0.15) is 17.6 Å². The lowest BCUT2D eigenvalue weighted by atomic mass is 10.0. The van der Waals surface area contributed by atoms with Crippen LogP contribution in [0.3, 0.4) is 0 Å². The van der Waals surface area contributed by atoms with Crippen molar-refractivity contribution in [2.45, 2.75) is 19.4 Å². The molecule has 0 bridgehead atoms. The number of halogens is 1. The zero-order valence-corrected chi connectivity index (χ0v) is 19.3. The van der Waals surface area contributed by atoms with E-state index in [0.29, 0.717) is 17.7 Å². The first-order valence-corrected chi connectivity index (χ1v) is 11.2. The van der Waals surface area contributed by atoms with E-state index >= 15 is 0 Å². The Morgan fingerprint density at radius 1 is 0.943 bits per heavy atom. The highest BCUT2D eigenvalue weighted by Crippen LogP contribution is 2.26. The first-order chi connectivity index (χ1) is 17.0. The highest BCUT2D eigenvalue weighted by Gasteiger charge is 2.32. The van der Waals surface area contributed by atoms with Crippen molar-refractivity contribution in [3.8, 4) is 0 Å². The molecule has 0 unspecified atom stereocenters. The van der Waals surface area contributed by atoms with Gasteiger partial charge >= 0.3 is 0 Å². The molecule has 1 aromatic heterocycles. The monoisotopic (exact) mass is 468 g/mol. The minimum atomic E-state index is -0.945. The Labute approximate surface area is 203 Å². The molecule has 176 valence electrons. The highest BCUT2D eigenvalue weighted by molar-refractivity contribution is 6.00. The number of anilines is 1. The van der Waals surface area contributed by atoms with E-state index in [4.69, 9.17) is 0 Å². The van der Waals surface area contributed by atoms with Crippen molar-refractivity contribution in [1.82, 2.24) is 14.9 Å². The van der Waals surface area contributed by atoms with Gasteiger partial charge in [-0.15, -0.1) is 0 Å². The third kappa shape index (κ3) is 6.14. The SMILES string of the molecule is Cc1ccc([C@@H](C(=O)Nc2ccc(F)cc2)N(CCc2ccccc2)C(=O)c2cnccn2)cc1. The fourth-order valence-electron chi connectivity index (χ4n) is 3.76. The Bertz CT molecular complexity index is 1260. The van der Waals surface area contributed by atoms with Gasteiger partial charge in [0.25, 0.3) is 11.8 Å². The fourth-order valence-corrected chi connectivity index (χ4v) is 3.76. The highest BCUT2D eigenvalue weighted by atomic mass is 19.1. The van der Waals surface area contributed by atoms with Crippen LogP contribution in [0.25, 0.3) is 0 Å². The second-order valence-electron chi connectivity index (χ2n) is 8.13. The molecular formula is C28H25FN4O2. The van der Waals surface area contributed by atoms with Gasteiger partial charge in [0.05, 0.1) is 6.20 Å². The first kappa shape index (κ1) is 23.8. The van der Waals surface area contributed by atoms with Crippen LogP contribution in [0.1, 0.15) is 33.2 Å². The maximum absolute atomic E-state index is 13.6. The molecule has 1 heterocycles. The van der Waals surface area contributed by atoms with Crippen LogP contribution >= 0.6 is 0 Å². The number of carbonyl (C=O) groups is 2. The maximum atomic E-state index is 13.6. The zero-order chi connectivity index (χ0) is 24.6. The lowest BCUT2D eigenvalue weighted by Crippen LogP contribution is -2.42. The van der Waals surface area contributed by atoms with Gasteiger partial charge in [0.2, 0.25) is 0 Å². The summed E-state index contributed by atoms with van der Waals surface area (Å²) >= 11 is 0. The molecule has 0 saturated carbocycles. The summed E-state index contributed by atoms with van der Waals surface area (Å²) in [5.41, 5.74) is 3.30. The van der Waals surface area contributed by atoms with Gasteiger partial charge < -0.3 is 10.2 Å². The van der Waals surface area contributed by atoms with Crippen molar-refractivity contribution in [1.29, 1.82) is 0 Å². The molecule has 4 aromatic rings. The zero-order valence-electron chi connectivity index (χ0n) is 19.3. The lowest BCUT2D eigenvalue weighted by Gasteiger charge is -2.31. The lowest BCUT2D eigenvalue weighted by molar-refractivity contribution is -0.120. The summed E-state index contributed by atoms with van der Waals surface area (Å²) in [7, 11) is 0. The van der Waals surface area contributed by atoms with Gasteiger partial charge in [0, 0.05) is 24.6 Å². The minimum absolute atomic E-state index is 0.146. The third-order valence-electron chi connectivity index (χ3n) is 5.59. The number of aromatic nitrogens is 2. The first-order valence-electron chi connectivity index (χ1n) is 11.2. The van der Waals surface area contributed by atoms with Crippen molar-refractivity contribution >= 4 is 17.5 Å². The Kier molecular flexibility index (Phi) is 7.57.